The number of halogens is 2. The van der Waals surface area contributed by atoms with Crippen molar-refractivity contribution in [3.05, 3.63) is 70.2 Å². The zero-order valence-electron chi connectivity index (χ0n) is 15.6. The molecule has 2 aromatic carbocycles. The van der Waals surface area contributed by atoms with Crippen LogP contribution in [0.5, 0.6) is 0 Å². The van der Waals surface area contributed by atoms with Crippen molar-refractivity contribution in [2.24, 2.45) is 11.5 Å². The van der Waals surface area contributed by atoms with Crippen LogP contribution < -0.4 is 17.0 Å². The highest BCUT2D eigenvalue weighted by molar-refractivity contribution is 6.31. The third-order valence-electron chi connectivity index (χ3n) is 3.79. The van der Waals surface area contributed by atoms with Gasteiger partial charge in [-0.15, -0.1) is 10.2 Å². The van der Waals surface area contributed by atoms with E-state index in [2.05, 4.69) is 36.6 Å². The van der Waals surface area contributed by atoms with E-state index in [1.54, 1.807) is 12.1 Å². The van der Waals surface area contributed by atoms with Gasteiger partial charge in [0.1, 0.15) is 12.7 Å². The largest absolute Gasteiger partial charge is 0.326 e. The summed E-state index contributed by atoms with van der Waals surface area (Å²) in [7, 11) is 0. The predicted octanol–water partition coefficient (Wildman–Crippen LogP) is 0.325. The summed E-state index contributed by atoms with van der Waals surface area (Å²) >= 11 is 12.0. The maximum atomic E-state index is 5.98. The molecule has 0 amide bonds. The monoisotopic (exact) mass is 449 g/mol. The third-order valence-corrected chi connectivity index (χ3v) is 4.50. The quantitative estimate of drug-likeness (QED) is 0.320. The number of aromatic nitrogens is 8. The second-order valence-corrected chi connectivity index (χ2v) is 6.21. The highest BCUT2D eigenvalue weighted by atomic mass is 35.5. The normalized spacial score (nSPS) is 9.87. The molecule has 156 valence electrons. The summed E-state index contributed by atoms with van der Waals surface area (Å²) in [5.41, 5.74) is 23.5. The van der Waals surface area contributed by atoms with Crippen molar-refractivity contribution < 1.29 is 5.53 Å². The van der Waals surface area contributed by atoms with Crippen LogP contribution in [0.2, 0.25) is 10.0 Å². The smallest absolute Gasteiger partial charge is 0.143 e. The first-order valence-electron chi connectivity index (χ1n) is 8.36. The lowest BCUT2D eigenvalue weighted by molar-refractivity contribution is -0.249. The van der Waals surface area contributed by atoms with E-state index in [1.165, 1.54) is 22.0 Å². The van der Waals surface area contributed by atoms with Crippen LogP contribution in [-0.2, 0) is 13.1 Å². The van der Waals surface area contributed by atoms with E-state index in [1.807, 2.05) is 24.3 Å². The average molecular weight is 450 g/mol. The van der Waals surface area contributed by atoms with Gasteiger partial charge < -0.3 is 11.5 Å². The average Bonchev–Trinajstić information content (AvgIpc) is 3.50. The first kappa shape index (κ1) is 23.0. The summed E-state index contributed by atoms with van der Waals surface area (Å²) in [6.07, 6.45) is 3.01. The molecule has 4 aromatic rings. The number of tetrazole rings is 2. The highest BCUT2D eigenvalue weighted by Crippen LogP contribution is 2.22. The van der Waals surface area contributed by atoms with Gasteiger partial charge in [-0.1, -0.05) is 40.9 Å². The topological polar surface area (TPSA) is 189 Å². The lowest BCUT2D eigenvalue weighted by Crippen LogP contribution is -2.17. The lowest BCUT2D eigenvalue weighted by Gasteiger charge is -2.07. The summed E-state index contributed by atoms with van der Waals surface area (Å²) in [6, 6.07) is 11.0. The number of hydrogen-bond acceptors (Lipinski definition) is 9. The predicted molar refractivity (Wildman–Crippen MR) is 109 cm³/mol. The molecule has 2 heterocycles. The van der Waals surface area contributed by atoms with E-state index in [4.69, 9.17) is 40.2 Å². The van der Waals surface area contributed by atoms with Crippen LogP contribution in [0, 0.1) is 5.53 Å². The summed E-state index contributed by atoms with van der Waals surface area (Å²) in [5, 5.41) is 23.0. The highest BCUT2D eigenvalue weighted by Gasteiger charge is 2.08. The molecule has 0 spiro atoms. The summed E-state index contributed by atoms with van der Waals surface area (Å²) in [4.78, 5) is 0. The van der Waals surface area contributed by atoms with E-state index < -0.39 is 0 Å². The van der Waals surface area contributed by atoms with Crippen molar-refractivity contribution in [2.45, 2.75) is 13.1 Å². The Kier molecular flexibility index (Phi) is 8.90. The van der Waals surface area contributed by atoms with Crippen molar-refractivity contribution >= 4 is 23.2 Å². The summed E-state index contributed by atoms with van der Waals surface area (Å²) in [5.74, 6) is 0. The maximum absolute atomic E-state index is 5.98. The van der Waals surface area contributed by atoms with Gasteiger partial charge in [-0.25, -0.2) is 9.36 Å². The standard InChI is InChI=1S/2C8H8ClN5.H2N2/c2*9-7-2-1-3-8(6(7)4-10)14-5-11-12-13-14;1-2/h2*1-3,5H,4,10H2;1-2H/p+1. The van der Waals surface area contributed by atoms with Gasteiger partial charge >= 0.3 is 0 Å². The molecule has 2 aromatic heterocycles. The SMILES string of the molecule is N=[NH2+].NCc1c(Cl)cccc1-n1cnnn1.NCc1c(Cl)cccc1-n1cnnn1. The van der Waals surface area contributed by atoms with E-state index in [9.17, 15) is 0 Å². The molecule has 0 saturated heterocycles. The molecule has 0 fully saturated rings. The Morgan fingerprint density at radius 1 is 0.767 bits per heavy atom. The first-order chi connectivity index (χ1) is 14.7. The molecule has 12 nitrogen and oxygen atoms in total. The van der Waals surface area contributed by atoms with Gasteiger partial charge in [0.05, 0.1) is 11.4 Å². The van der Waals surface area contributed by atoms with Crippen molar-refractivity contribution in [2.75, 3.05) is 0 Å². The second-order valence-electron chi connectivity index (χ2n) is 5.39. The number of rotatable bonds is 4. The van der Waals surface area contributed by atoms with Crippen molar-refractivity contribution in [1.29, 1.82) is 5.53 Å². The Balaban J connectivity index is 0.000000197. The van der Waals surface area contributed by atoms with Crippen LogP contribution in [0.3, 0.4) is 0 Å². The molecule has 0 unspecified atom stereocenters. The zero-order chi connectivity index (χ0) is 21.9. The molecule has 0 aliphatic heterocycles. The molecule has 4 rings (SSSR count). The Morgan fingerprint density at radius 2 is 1.17 bits per heavy atom. The van der Waals surface area contributed by atoms with Gasteiger partial charge in [0.2, 0.25) is 0 Å². The van der Waals surface area contributed by atoms with Gasteiger partial charge in [-0.05, 0) is 45.1 Å². The van der Waals surface area contributed by atoms with Crippen LogP contribution in [0.1, 0.15) is 11.1 Å². The van der Waals surface area contributed by atoms with Gasteiger partial charge in [0, 0.05) is 34.3 Å². The molecule has 0 aliphatic carbocycles. The van der Waals surface area contributed by atoms with Crippen LogP contribution in [0.15, 0.2) is 49.1 Å². The summed E-state index contributed by atoms with van der Waals surface area (Å²) in [6.45, 7) is 0.712. The zero-order valence-corrected chi connectivity index (χ0v) is 17.1. The Morgan fingerprint density at radius 3 is 1.47 bits per heavy atom. The van der Waals surface area contributed by atoms with Crippen LogP contribution >= 0.6 is 23.2 Å². The Hall–Kier alpha value is -3.32. The van der Waals surface area contributed by atoms with Crippen molar-refractivity contribution in [3.63, 3.8) is 0 Å². The van der Waals surface area contributed by atoms with Gasteiger partial charge in [-0.3, -0.25) is 0 Å². The van der Waals surface area contributed by atoms with Gasteiger partial charge in [-0.2, -0.15) is 5.53 Å². The lowest BCUT2D eigenvalue weighted by atomic mass is 10.2. The minimum Gasteiger partial charge on any atom is -0.326 e. The molecule has 14 heteroatoms. The Bertz CT molecular complexity index is 953. The first-order valence-corrected chi connectivity index (χ1v) is 9.11. The van der Waals surface area contributed by atoms with E-state index in [-0.39, 0.29) is 0 Å². The third kappa shape index (κ3) is 5.39. The van der Waals surface area contributed by atoms with Crippen molar-refractivity contribution in [3.8, 4) is 11.4 Å². The maximum Gasteiger partial charge on any atom is 0.143 e. The molecular formula is C16H19Cl2N12+. The molecule has 0 atom stereocenters. The molecular weight excluding hydrogens is 431 g/mol. The molecule has 0 bridgehead atoms. The minimum absolute atomic E-state index is 0.356. The number of nitrogens with one attached hydrogen (secondary N) is 1. The van der Waals surface area contributed by atoms with Gasteiger partial charge in [0.15, 0.2) is 0 Å². The number of hydrogen-bond donors (Lipinski definition) is 4. The van der Waals surface area contributed by atoms with Gasteiger partial charge in [0.25, 0.3) is 0 Å². The van der Waals surface area contributed by atoms with E-state index in [0.29, 0.717) is 23.1 Å². The Labute approximate surface area is 181 Å². The van der Waals surface area contributed by atoms with E-state index >= 15 is 0 Å². The molecule has 30 heavy (non-hydrogen) atoms. The van der Waals surface area contributed by atoms with Crippen molar-refractivity contribution in [1.82, 2.24) is 40.4 Å². The summed E-state index contributed by atoms with van der Waals surface area (Å²) < 4.78 is 3.07. The van der Waals surface area contributed by atoms with E-state index in [0.717, 1.165) is 22.5 Å². The minimum atomic E-state index is 0.356. The fourth-order valence-corrected chi connectivity index (χ4v) is 2.96. The molecule has 7 N–H and O–H groups in total. The molecule has 0 saturated carbocycles. The number of nitrogens with zero attached hydrogens (tertiary/aromatic N) is 8. The fraction of sp³-hybridized carbons (Fsp3) is 0.125. The van der Waals surface area contributed by atoms with Crippen LogP contribution in [0.25, 0.3) is 11.4 Å². The number of nitrogens with two attached hydrogens (primary N) is 3. The molecule has 0 radical (unpaired) electrons. The second kappa shape index (κ2) is 11.6. The number of benzene rings is 2. The van der Waals surface area contributed by atoms with Crippen LogP contribution in [-0.4, -0.2) is 40.4 Å². The van der Waals surface area contributed by atoms with Crippen LogP contribution in [0.4, 0.5) is 0 Å². The molecule has 0 aliphatic rings. The fourth-order valence-electron chi connectivity index (χ4n) is 2.47.